The Labute approximate surface area is 122 Å². The van der Waals surface area contributed by atoms with Gasteiger partial charge in [0.05, 0.1) is 6.61 Å². The fraction of sp³-hybridized carbons (Fsp3) is 0.294. The molecule has 4 heteroatoms. The molecule has 1 nitrogen and oxygen atoms in total. The molecule has 2 aromatic carbocycles. The Balaban J connectivity index is 2.43. The van der Waals surface area contributed by atoms with Gasteiger partial charge in [-0.15, -0.1) is 0 Å². The summed E-state index contributed by atoms with van der Waals surface area (Å²) in [6, 6.07) is 7.21. The van der Waals surface area contributed by atoms with E-state index < -0.39 is 17.5 Å². The minimum Gasteiger partial charge on any atom is -0.491 e. The molecule has 0 atom stereocenters. The molecular formula is C17H17F3O. The Morgan fingerprint density at radius 3 is 2.33 bits per heavy atom. The molecule has 2 aromatic rings. The predicted octanol–water partition coefficient (Wildman–Crippen LogP) is 5.12. The lowest BCUT2D eigenvalue weighted by atomic mass is 10.0. The Kier molecular flexibility index (Phi) is 4.89. The Bertz CT molecular complexity index is 638. The molecule has 0 saturated heterocycles. The maximum Gasteiger partial charge on any atom is 0.201 e. The first-order chi connectivity index (χ1) is 10.1. The first-order valence-corrected chi connectivity index (χ1v) is 6.98. The van der Waals surface area contributed by atoms with E-state index in [1.807, 2.05) is 6.92 Å². The standard InChI is InChI=1S/C17H17F3O/c1-3-5-11-6-7-12(10-14(11)18)13-8-9-15(21-4-2)17(20)16(13)19/h6-10H,3-5H2,1-2H3. The van der Waals surface area contributed by atoms with E-state index in [4.69, 9.17) is 4.74 Å². The van der Waals surface area contributed by atoms with Crippen LogP contribution in [0.2, 0.25) is 0 Å². The molecule has 0 heterocycles. The number of benzene rings is 2. The number of ether oxygens (including phenoxy) is 1. The molecule has 112 valence electrons. The molecule has 0 fully saturated rings. The lowest BCUT2D eigenvalue weighted by Gasteiger charge is -2.10. The van der Waals surface area contributed by atoms with Gasteiger partial charge in [0.1, 0.15) is 5.82 Å². The summed E-state index contributed by atoms with van der Waals surface area (Å²) in [5.41, 5.74) is 0.915. The van der Waals surface area contributed by atoms with E-state index >= 15 is 0 Å². The fourth-order valence-electron chi connectivity index (χ4n) is 2.21. The highest BCUT2D eigenvalue weighted by Crippen LogP contribution is 2.30. The molecule has 0 aliphatic rings. The zero-order chi connectivity index (χ0) is 15.4. The summed E-state index contributed by atoms with van der Waals surface area (Å²) in [7, 11) is 0. The molecular weight excluding hydrogens is 277 g/mol. The van der Waals surface area contributed by atoms with Crippen LogP contribution in [0.1, 0.15) is 25.8 Å². The normalized spacial score (nSPS) is 10.7. The van der Waals surface area contributed by atoms with Crippen molar-refractivity contribution in [2.45, 2.75) is 26.7 Å². The van der Waals surface area contributed by atoms with Crippen LogP contribution < -0.4 is 4.74 Å². The van der Waals surface area contributed by atoms with Gasteiger partial charge in [-0.25, -0.2) is 8.78 Å². The number of aryl methyl sites for hydroxylation is 1. The van der Waals surface area contributed by atoms with Crippen LogP contribution in [0.15, 0.2) is 30.3 Å². The fourth-order valence-corrected chi connectivity index (χ4v) is 2.21. The second-order valence-electron chi connectivity index (χ2n) is 4.73. The number of hydrogen-bond donors (Lipinski definition) is 0. The van der Waals surface area contributed by atoms with Crippen molar-refractivity contribution in [2.75, 3.05) is 6.61 Å². The minimum absolute atomic E-state index is 0.0258. The van der Waals surface area contributed by atoms with E-state index in [2.05, 4.69) is 0 Å². The van der Waals surface area contributed by atoms with Gasteiger partial charge < -0.3 is 4.74 Å². The summed E-state index contributed by atoms with van der Waals surface area (Å²) in [6.07, 6.45) is 1.44. The molecule has 0 aliphatic carbocycles. The molecule has 0 bridgehead atoms. The molecule has 21 heavy (non-hydrogen) atoms. The molecule has 2 rings (SSSR count). The first-order valence-electron chi connectivity index (χ1n) is 6.98. The van der Waals surface area contributed by atoms with Crippen LogP contribution in [-0.2, 0) is 6.42 Å². The summed E-state index contributed by atoms with van der Waals surface area (Å²) in [4.78, 5) is 0. The van der Waals surface area contributed by atoms with Crippen molar-refractivity contribution < 1.29 is 17.9 Å². The van der Waals surface area contributed by atoms with Gasteiger partial charge in [0.15, 0.2) is 11.6 Å². The van der Waals surface area contributed by atoms with Crippen molar-refractivity contribution >= 4 is 0 Å². The highest BCUT2D eigenvalue weighted by atomic mass is 19.2. The van der Waals surface area contributed by atoms with E-state index in [9.17, 15) is 13.2 Å². The van der Waals surface area contributed by atoms with Crippen LogP contribution in [0.5, 0.6) is 5.75 Å². The van der Waals surface area contributed by atoms with Gasteiger partial charge in [0.2, 0.25) is 5.82 Å². The summed E-state index contributed by atoms with van der Waals surface area (Å²) < 4.78 is 46.8. The lowest BCUT2D eigenvalue weighted by molar-refractivity contribution is 0.314. The summed E-state index contributed by atoms with van der Waals surface area (Å²) >= 11 is 0. The molecule has 0 N–H and O–H groups in total. The van der Waals surface area contributed by atoms with Crippen LogP contribution in [0, 0.1) is 17.5 Å². The molecule has 0 amide bonds. The monoisotopic (exact) mass is 294 g/mol. The highest BCUT2D eigenvalue weighted by molar-refractivity contribution is 5.65. The number of rotatable bonds is 5. The van der Waals surface area contributed by atoms with Crippen LogP contribution in [0.4, 0.5) is 13.2 Å². The highest BCUT2D eigenvalue weighted by Gasteiger charge is 2.16. The van der Waals surface area contributed by atoms with Gasteiger partial charge in [-0.3, -0.25) is 0 Å². The third-order valence-corrected chi connectivity index (χ3v) is 3.23. The van der Waals surface area contributed by atoms with Gasteiger partial charge in [-0.2, -0.15) is 4.39 Å². The van der Waals surface area contributed by atoms with E-state index in [1.165, 1.54) is 18.2 Å². The van der Waals surface area contributed by atoms with Gasteiger partial charge in [-0.1, -0.05) is 25.5 Å². The average Bonchev–Trinajstić information content (AvgIpc) is 2.47. The van der Waals surface area contributed by atoms with E-state index in [0.29, 0.717) is 17.5 Å². The predicted molar refractivity (Wildman–Crippen MR) is 76.9 cm³/mol. The second-order valence-corrected chi connectivity index (χ2v) is 4.73. The molecule has 0 unspecified atom stereocenters. The molecule has 0 aliphatic heterocycles. The molecule has 0 radical (unpaired) electrons. The number of halogens is 3. The van der Waals surface area contributed by atoms with E-state index in [-0.39, 0.29) is 17.9 Å². The largest absolute Gasteiger partial charge is 0.491 e. The SMILES string of the molecule is CCCc1ccc(-c2ccc(OCC)c(F)c2F)cc1F. The molecule has 0 spiro atoms. The van der Waals surface area contributed by atoms with Crippen molar-refractivity contribution in [2.24, 2.45) is 0 Å². The Hall–Kier alpha value is -1.97. The zero-order valence-corrected chi connectivity index (χ0v) is 12.1. The van der Waals surface area contributed by atoms with Gasteiger partial charge in [0.25, 0.3) is 0 Å². The van der Waals surface area contributed by atoms with Crippen LogP contribution in [0.3, 0.4) is 0 Å². The van der Waals surface area contributed by atoms with Crippen molar-refractivity contribution in [3.63, 3.8) is 0 Å². The van der Waals surface area contributed by atoms with Crippen molar-refractivity contribution in [1.29, 1.82) is 0 Å². The van der Waals surface area contributed by atoms with Crippen LogP contribution in [0.25, 0.3) is 11.1 Å². The van der Waals surface area contributed by atoms with Crippen molar-refractivity contribution in [3.05, 3.63) is 53.3 Å². The lowest BCUT2D eigenvalue weighted by Crippen LogP contribution is -1.99. The molecule has 0 aromatic heterocycles. The maximum atomic E-state index is 14.1. The zero-order valence-electron chi connectivity index (χ0n) is 12.1. The quantitative estimate of drug-likeness (QED) is 0.743. The summed E-state index contributed by atoms with van der Waals surface area (Å²) in [6.45, 7) is 3.89. The summed E-state index contributed by atoms with van der Waals surface area (Å²) in [5.74, 6) is -2.61. The third-order valence-electron chi connectivity index (χ3n) is 3.23. The Morgan fingerprint density at radius 2 is 1.71 bits per heavy atom. The van der Waals surface area contributed by atoms with Gasteiger partial charge >= 0.3 is 0 Å². The summed E-state index contributed by atoms with van der Waals surface area (Å²) in [5, 5.41) is 0. The van der Waals surface area contributed by atoms with Crippen LogP contribution >= 0.6 is 0 Å². The van der Waals surface area contributed by atoms with Crippen LogP contribution in [-0.4, -0.2) is 6.61 Å². The van der Waals surface area contributed by atoms with E-state index in [0.717, 1.165) is 6.42 Å². The third kappa shape index (κ3) is 3.20. The topological polar surface area (TPSA) is 9.23 Å². The minimum atomic E-state index is -1.05. The van der Waals surface area contributed by atoms with Crippen molar-refractivity contribution in [3.8, 4) is 16.9 Å². The van der Waals surface area contributed by atoms with Gasteiger partial charge in [0, 0.05) is 5.56 Å². The van der Waals surface area contributed by atoms with Gasteiger partial charge in [-0.05, 0) is 42.7 Å². The average molecular weight is 294 g/mol. The smallest absolute Gasteiger partial charge is 0.201 e. The van der Waals surface area contributed by atoms with E-state index in [1.54, 1.807) is 19.1 Å². The molecule has 0 saturated carbocycles. The first kappa shape index (κ1) is 15.4. The maximum absolute atomic E-state index is 14.1. The Morgan fingerprint density at radius 1 is 0.952 bits per heavy atom. The van der Waals surface area contributed by atoms with Crippen molar-refractivity contribution in [1.82, 2.24) is 0 Å². The number of hydrogen-bond acceptors (Lipinski definition) is 1. The second kappa shape index (κ2) is 6.66.